The van der Waals surface area contributed by atoms with Crippen LogP contribution in [-0.4, -0.2) is 42.7 Å². The summed E-state index contributed by atoms with van der Waals surface area (Å²) in [5.41, 5.74) is 0.939. The van der Waals surface area contributed by atoms with Crippen LogP contribution in [0.15, 0.2) is 12.1 Å². The Morgan fingerprint density at radius 2 is 2.11 bits per heavy atom. The lowest BCUT2D eigenvalue weighted by molar-refractivity contribution is 0.0942. The van der Waals surface area contributed by atoms with Crippen LogP contribution in [0, 0.1) is 0 Å². The molecule has 1 aromatic rings. The highest BCUT2D eigenvalue weighted by molar-refractivity contribution is 6.32. The van der Waals surface area contributed by atoms with Gasteiger partial charge < -0.3 is 25.0 Å². The molecule has 1 aliphatic rings. The number of ether oxygens (including phenoxy) is 2. The number of benzene rings is 1. The maximum absolute atomic E-state index is 9.20. The molecule has 0 fully saturated rings. The van der Waals surface area contributed by atoms with Crippen molar-refractivity contribution < 1.29 is 19.7 Å². The number of aliphatic hydroxyl groups is 2. The molecular formula is C12H16ClNO4. The van der Waals surface area contributed by atoms with Gasteiger partial charge in [-0.25, -0.2) is 0 Å². The van der Waals surface area contributed by atoms with Gasteiger partial charge in [0.1, 0.15) is 13.2 Å². The van der Waals surface area contributed by atoms with Crippen molar-refractivity contribution in [3.05, 3.63) is 22.7 Å². The maximum atomic E-state index is 9.20. The van der Waals surface area contributed by atoms with E-state index in [-0.39, 0.29) is 6.61 Å². The van der Waals surface area contributed by atoms with Crippen molar-refractivity contribution in [2.75, 3.05) is 26.4 Å². The van der Waals surface area contributed by atoms with Gasteiger partial charge in [0, 0.05) is 13.1 Å². The van der Waals surface area contributed by atoms with Crippen molar-refractivity contribution in [3.8, 4) is 11.5 Å². The minimum absolute atomic E-state index is 0.255. The van der Waals surface area contributed by atoms with Gasteiger partial charge in [0.15, 0.2) is 11.5 Å². The molecule has 100 valence electrons. The fourth-order valence-electron chi connectivity index (χ4n) is 1.71. The van der Waals surface area contributed by atoms with Crippen LogP contribution in [0.4, 0.5) is 0 Å². The van der Waals surface area contributed by atoms with Crippen LogP contribution in [0.2, 0.25) is 5.02 Å². The topological polar surface area (TPSA) is 71.0 Å². The Labute approximate surface area is 110 Å². The summed E-state index contributed by atoms with van der Waals surface area (Å²) >= 11 is 6.09. The average molecular weight is 274 g/mol. The van der Waals surface area contributed by atoms with E-state index < -0.39 is 6.10 Å². The van der Waals surface area contributed by atoms with Gasteiger partial charge in [-0.1, -0.05) is 11.6 Å². The molecule has 0 aromatic heterocycles. The van der Waals surface area contributed by atoms with Gasteiger partial charge in [-0.3, -0.25) is 0 Å². The zero-order valence-corrected chi connectivity index (χ0v) is 10.6. The van der Waals surface area contributed by atoms with Crippen LogP contribution in [0.5, 0.6) is 11.5 Å². The first-order chi connectivity index (χ1) is 8.70. The summed E-state index contributed by atoms with van der Waals surface area (Å²) < 4.78 is 10.9. The Hall–Kier alpha value is -1.01. The molecule has 18 heavy (non-hydrogen) atoms. The van der Waals surface area contributed by atoms with Crippen molar-refractivity contribution >= 4 is 11.6 Å². The van der Waals surface area contributed by atoms with Gasteiger partial charge in [-0.2, -0.15) is 0 Å². The predicted molar refractivity (Wildman–Crippen MR) is 67.2 cm³/mol. The highest BCUT2D eigenvalue weighted by Crippen LogP contribution is 2.38. The van der Waals surface area contributed by atoms with Gasteiger partial charge >= 0.3 is 0 Å². The summed E-state index contributed by atoms with van der Waals surface area (Å²) in [6.45, 7) is 1.63. The van der Waals surface area contributed by atoms with Gasteiger partial charge in [0.2, 0.25) is 0 Å². The molecule has 0 radical (unpaired) electrons. The molecule has 2 rings (SSSR count). The average Bonchev–Trinajstić information content (AvgIpc) is 2.38. The van der Waals surface area contributed by atoms with Crippen LogP contribution in [0.25, 0.3) is 0 Å². The smallest absolute Gasteiger partial charge is 0.179 e. The van der Waals surface area contributed by atoms with E-state index >= 15 is 0 Å². The third-order valence-electron chi connectivity index (χ3n) is 2.58. The van der Waals surface area contributed by atoms with E-state index in [2.05, 4.69) is 5.32 Å². The van der Waals surface area contributed by atoms with E-state index in [4.69, 9.17) is 26.2 Å². The maximum Gasteiger partial charge on any atom is 0.179 e. The largest absolute Gasteiger partial charge is 0.486 e. The quantitative estimate of drug-likeness (QED) is 0.731. The first-order valence-corrected chi connectivity index (χ1v) is 6.16. The second kappa shape index (κ2) is 6.24. The third-order valence-corrected chi connectivity index (χ3v) is 2.86. The number of fused-ring (bicyclic) bond motifs is 1. The molecule has 0 aliphatic carbocycles. The molecule has 0 bridgehead atoms. The summed E-state index contributed by atoms with van der Waals surface area (Å²) in [5.74, 6) is 1.23. The molecule has 1 aliphatic heterocycles. The van der Waals surface area contributed by atoms with E-state index in [1.165, 1.54) is 0 Å². The molecule has 5 nitrogen and oxygen atoms in total. The molecule has 0 saturated carbocycles. The van der Waals surface area contributed by atoms with Crippen LogP contribution in [0.3, 0.4) is 0 Å². The zero-order chi connectivity index (χ0) is 13.0. The molecule has 0 spiro atoms. The lowest BCUT2D eigenvalue weighted by Crippen LogP contribution is -2.29. The summed E-state index contributed by atoms with van der Waals surface area (Å²) in [5, 5.41) is 21.4. The van der Waals surface area contributed by atoms with Crippen LogP contribution >= 0.6 is 11.6 Å². The summed E-state index contributed by atoms with van der Waals surface area (Å²) in [6.07, 6.45) is -0.752. The monoisotopic (exact) mass is 273 g/mol. The second-order valence-electron chi connectivity index (χ2n) is 4.07. The Morgan fingerprint density at radius 1 is 1.33 bits per heavy atom. The van der Waals surface area contributed by atoms with Crippen molar-refractivity contribution in [1.82, 2.24) is 5.32 Å². The molecule has 3 N–H and O–H groups in total. The fraction of sp³-hybridized carbons (Fsp3) is 0.500. The van der Waals surface area contributed by atoms with Gasteiger partial charge in [-0.15, -0.1) is 0 Å². The Bertz CT molecular complexity index is 413. The molecule has 6 heteroatoms. The van der Waals surface area contributed by atoms with E-state index in [0.717, 1.165) is 5.56 Å². The van der Waals surface area contributed by atoms with E-state index in [9.17, 15) is 5.11 Å². The molecular weight excluding hydrogens is 258 g/mol. The third kappa shape index (κ3) is 3.26. The lowest BCUT2D eigenvalue weighted by Gasteiger charge is -2.20. The molecule has 1 unspecified atom stereocenters. The van der Waals surface area contributed by atoms with Crippen molar-refractivity contribution in [1.29, 1.82) is 0 Å². The normalized spacial score (nSPS) is 15.5. The highest BCUT2D eigenvalue weighted by atomic mass is 35.5. The first-order valence-electron chi connectivity index (χ1n) is 5.78. The van der Waals surface area contributed by atoms with Crippen LogP contribution in [0.1, 0.15) is 5.56 Å². The molecule has 1 atom stereocenters. The lowest BCUT2D eigenvalue weighted by atomic mass is 10.2. The Kier molecular flexibility index (Phi) is 4.66. The predicted octanol–water partition coefficient (Wildman–Crippen LogP) is 0.554. The molecule has 0 saturated heterocycles. The second-order valence-corrected chi connectivity index (χ2v) is 4.48. The van der Waals surface area contributed by atoms with Crippen molar-refractivity contribution in [2.24, 2.45) is 0 Å². The Morgan fingerprint density at radius 3 is 2.89 bits per heavy atom. The highest BCUT2D eigenvalue weighted by Gasteiger charge is 2.16. The number of halogens is 1. The molecule has 1 aromatic carbocycles. The summed E-state index contributed by atoms with van der Waals surface area (Å²) in [7, 11) is 0. The van der Waals surface area contributed by atoms with E-state index in [1.807, 2.05) is 6.07 Å². The number of aliphatic hydroxyl groups excluding tert-OH is 2. The first kappa shape index (κ1) is 13.4. The standard InChI is InChI=1S/C12H16ClNO4/c13-10-3-8(5-14-6-9(16)7-15)4-11-12(10)18-2-1-17-11/h3-4,9,14-16H,1-2,5-7H2. The number of rotatable bonds is 5. The number of hydrogen-bond acceptors (Lipinski definition) is 5. The van der Waals surface area contributed by atoms with Crippen LogP contribution < -0.4 is 14.8 Å². The zero-order valence-electron chi connectivity index (χ0n) is 9.86. The van der Waals surface area contributed by atoms with Gasteiger partial charge in [0.05, 0.1) is 17.7 Å². The number of hydrogen-bond donors (Lipinski definition) is 3. The van der Waals surface area contributed by atoms with Crippen molar-refractivity contribution in [2.45, 2.75) is 12.6 Å². The SMILES string of the molecule is OCC(O)CNCc1cc(Cl)c2c(c1)OCCO2. The fourth-order valence-corrected chi connectivity index (χ4v) is 2.00. The van der Waals surface area contributed by atoms with Crippen molar-refractivity contribution in [3.63, 3.8) is 0 Å². The summed E-state index contributed by atoms with van der Waals surface area (Å²) in [6, 6.07) is 3.66. The summed E-state index contributed by atoms with van der Waals surface area (Å²) in [4.78, 5) is 0. The minimum Gasteiger partial charge on any atom is -0.486 e. The van der Waals surface area contributed by atoms with E-state index in [1.54, 1.807) is 6.07 Å². The van der Waals surface area contributed by atoms with Gasteiger partial charge in [0.25, 0.3) is 0 Å². The molecule has 1 heterocycles. The number of nitrogens with one attached hydrogen (secondary N) is 1. The van der Waals surface area contributed by atoms with E-state index in [0.29, 0.717) is 42.8 Å². The Balaban J connectivity index is 1.99. The van der Waals surface area contributed by atoms with Gasteiger partial charge in [-0.05, 0) is 17.7 Å². The minimum atomic E-state index is -0.752. The van der Waals surface area contributed by atoms with Crippen LogP contribution in [-0.2, 0) is 6.54 Å². The molecule has 0 amide bonds.